The Bertz CT molecular complexity index is 1150. The van der Waals surface area contributed by atoms with E-state index in [1.165, 1.54) is 46.3 Å². The number of pyridine rings is 1. The molecule has 0 saturated carbocycles. The minimum Gasteiger partial charge on any atom is -0.353 e. The number of amides is 1. The molecular formula is C20H15F6N5O2. The second-order valence-corrected chi connectivity index (χ2v) is 7.15. The Hall–Kier alpha value is -3.64. The van der Waals surface area contributed by atoms with Gasteiger partial charge in [-0.1, -0.05) is 17.3 Å². The summed E-state index contributed by atoms with van der Waals surface area (Å²) in [4.78, 5) is 23.0. The van der Waals surface area contributed by atoms with Crippen molar-refractivity contribution in [2.24, 2.45) is 0 Å². The minimum atomic E-state index is -4.79. The van der Waals surface area contributed by atoms with E-state index in [0.29, 0.717) is 0 Å². The Morgan fingerprint density at radius 2 is 1.67 bits per heavy atom. The van der Waals surface area contributed by atoms with Gasteiger partial charge in [-0.25, -0.2) is 4.98 Å². The predicted octanol–water partition coefficient (Wildman–Crippen LogP) is 4.13. The average Bonchev–Trinajstić information content (AvgIpc) is 3.29. The molecule has 0 atom stereocenters. The van der Waals surface area contributed by atoms with Gasteiger partial charge in [0, 0.05) is 43.5 Å². The van der Waals surface area contributed by atoms with Gasteiger partial charge in [0.25, 0.3) is 5.91 Å². The number of nitrogens with zero attached hydrogens (tertiary/aromatic N) is 5. The molecule has 1 aromatic carbocycles. The number of hydrogen-bond acceptors (Lipinski definition) is 6. The first kappa shape index (κ1) is 22.6. The van der Waals surface area contributed by atoms with E-state index >= 15 is 0 Å². The van der Waals surface area contributed by atoms with Crippen molar-refractivity contribution in [3.05, 3.63) is 59.6 Å². The van der Waals surface area contributed by atoms with E-state index in [0.717, 1.165) is 6.07 Å². The number of halogens is 6. The summed E-state index contributed by atoms with van der Waals surface area (Å²) in [5, 5.41) is 3.30. The van der Waals surface area contributed by atoms with Crippen LogP contribution in [-0.2, 0) is 12.4 Å². The predicted molar refractivity (Wildman–Crippen MR) is 102 cm³/mol. The normalized spacial score (nSPS) is 15.1. The van der Waals surface area contributed by atoms with Crippen molar-refractivity contribution >= 4 is 11.7 Å². The van der Waals surface area contributed by atoms with E-state index in [2.05, 4.69) is 19.6 Å². The first-order chi connectivity index (χ1) is 15.5. The molecule has 1 fully saturated rings. The Labute approximate surface area is 182 Å². The van der Waals surface area contributed by atoms with Crippen molar-refractivity contribution in [3.8, 4) is 11.4 Å². The zero-order valence-electron chi connectivity index (χ0n) is 16.7. The number of anilines is 1. The summed E-state index contributed by atoms with van der Waals surface area (Å²) in [6, 6.07) is 7.86. The second-order valence-electron chi connectivity index (χ2n) is 7.15. The summed E-state index contributed by atoms with van der Waals surface area (Å²) in [5.41, 5.74) is -0.522. The summed E-state index contributed by atoms with van der Waals surface area (Å²) in [6.07, 6.45) is -8.08. The number of alkyl halides is 6. The van der Waals surface area contributed by atoms with Crippen molar-refractivity contribution in [2.75, 3.05) is 31.1 Å². The monoisotopic (exact) mass is 471 g/mol. The molecule has 0 N–H and O–H groups in total. The van der Waals surface area contributed by atoms with Crippen LogP contribution < -0.4 is 4.90 Å². The van der Waals surface area contributed by atoms with Gasteiger partial charge >= 0.3 is 18.2 Å². The highest BCUT2D eigenvalue weighted by Gasteiger charge is 2.39. The van der Waals surface area contributed by atoms with Crippen LogP contribution in [0.1, 0.15) is 21.8 Å². The molecule has 0 unspecified atom stereocenters. The van der Waals surface area contributed by atoms with Crippen LogP contribution in [0.4, 0.5) is 32.2 Å². The fraction of sp³-hybridized carbons (Fsp3) is 0.300. The van der Waals surface area contributed by atoms with Crippen LogP contribution in [0.5, 0.6) is 0 Å². The first-order valence-electron chi connectivity index (χ1n) is 9.62. The Balaban J connectivity index is 1.47. The van der Waals surface area contributed by atoms with Crippen molar-refractivity contribution in [3.63, 3.8) is 0 Å². The van der Waals surface area contributed by atoms with Gasteiger partial charge < -0.3 is 14.3 Å². The summed E-state index contributed by atoms with van der Waals surface area (Å²) < 4.78 is 82.1. The number of piperazine rings is 1. The third-order valence-electron chi connectivity index (χ3n) is 4.99. The largest absolute Gasteiger partial charge is 0.471 e. The van der Waals surface area contributed by atoms with Gasteiger partial charge in [-0.3, -0.25) is 4.79 Å². The lowest BCUT2D eigenvalue weighted by molar-refractivity contribution is -0.159. The van der Waals surface area contributed by atoms with Crippen LogP contribution in [0.25, 0.3) is 11.4 Å². The molecule has 3 aromatic rings. The molecule has 0 spiro atoms. The quantitative estimate of drug-likeness (QED) is 0.535. The molecule has 1 aliphatic heterocycles. The maximum Gasteiger partial charge on any atom is 0.471 e. The Kier molecular flexibility index (Phi) is 5.72. The average molecular weight is 471 g/mol. The van der Waals surface area contributed by atoms with Gasteiger partial charge in [0.05, 0.1) is 5.56 Å². The van der Waals surface area contributed by atoms with Crippen LogP contribution in [0, 0.1) is 0 Å². The molecule has 13 heteroatoms. The standard InChI is InChI=1S/C20H15F6N5O2/c21-19(22,23)14-5-2-6-27-16(14)30-7-9-31(10-8-30)17(32)13-4-1-3-12(11-13)15-28-18(33-29-15)20(24,25)26/h1-6,11H,7-10H2. The molecule has 1 aliphatic rings. The maximum atomic E-state index is 13.3. The van der Waals surface area contributed by atoms with Gasteiger partial charge in [-0.05, 0) is 24.3 Å². The van der Waals surface area contributed by atoms with Crippen LogP contribution in [-0.4, -0.2) is 52.1 Å². The number of hydrogen-bond donors (Lipinski definition) is 0. The lowest BCUT2D eigenvalue weighted by atomic mass is 10.1. The smallest absolute Gasteiger partial charge is 0.353 e. The van der Waals surface area contributed by atoms with Crippen molar-refractivity contribution in [2.45, 2.75) is 12.4 Å². The Morgan fingerprint density at radius 3 is 2.30 bits per heavy atom. The van der Waals surface area contributed by atoms with Crippen LogP contribution in [0.15, 0.2) is 47.1 Å². The topological polar surface area (TPSA) is 75.4 Å². The van der Waals surface area contributed by atoms with Gasteiger partial charge in [-0.15, -0.1) is 0 Å². The minimum absolute atomic E-state index is 0.130. The van der Waals surface area contributed by atoms with Crippen molar-refractivity contribution < 1.29 is 35.7 Å². The van der Waals surface area contributed by atoms with Crippen LogP contribution >= 0.6 is 0 Å². The lowest BCUT2D eigenvalue weighted by Gasteiger charge is -2.36. The Morgan fingerprint density at radius 1 is 0.939 bits per heavy atom. The fourth-order valence-electron chi connectivity index (χ4n) is 3.42. The number of rotatable bonds is 3. The number of carbonyl (C=O) groups excluding carboxylic acids is 1. The summed E-state index contributed by atoms with van der Waals surface area (Å²) >= 11 is 0. The molecule has 2 aromatic heterocycles. The SMILES string of the molecule is O=C(c1cccc(-c2noc(C(F)(F)F)n2)c1)N1CCN(c2ncccc2C(F)(F)F)CC1. The van der Waals surface area contributed by atoms with Gasteiger partial charge in [0.1, 0.15) is 5.82 Å². The van der Waals surface area contributed by atoms with E-state index in [1.807, 2.05) is 0 Å². The van der Waals surface area contributed by atoms with Crippen molar-refractivity contribution in [1.29, 1.82) is 0 Å². The molecule has 33 heavy (non-hydrogen) atoms. The molecule has 3 heterocycles. The molecular weight excluding hydrogens is 456 g/mol. The molecule has 174 valence electrons. The molecule has 0 aliphatic carbocycles. The fourth-order valence-corrected chi connectivity index (χ4v) is 3.42. The molecule has 0 radical (unpaired) electrons. The van der Waals surface area contributed by atoms with Crippen LogP contribution in [0.3, 0.4) is 0 Å². The zero-order chi connectivity index (χ0) is 23.8. The highest BCUT2D eigenvalue weighted by atomic mass is 19.4. The highest BCUT2D eigenvalue weighted by molar-refractivity contribution is 5.95. The summed E-state index contributed by atoms with van der Waals surface area (Å²) in [6.45, 7) is 0.533. The number of carbonyl (C=O) groups is 1. The van der Waals surface area contributed by atoms with Gasteiger partial charge in [0.15, 0.2) is 0 Å². The van der Waals surface area contributed by atoms with Gasteiger partial charge in [0.2, 0.25) is 5.82 Å². The van der Waals surface area contributed by atoms with Gasteiger partial charge in [-0.2, -0.15) is 31.3 Å². The van der Waals surface area contributed by atoms with E-state index < -0.39 is 29.7 Å². The van der Waals surface area contributed by atoms with Crippen molar-refractivity contribution in [1.82, 2.24) is 20.0 Å². The molecule has 0 bridgehead atoms. The summed E-state index contributed by atoms with van der Waals surface area (Å²) in [7, 11) is 0. The van der Waals surface area contributed by atoms with E-state index in [1.54, 1.807) is 0 Å². The second kappa shape index (κ2) is 8.37. The lowest BCUT2D eigenvalue weighted by Crippen LogP contribution is -2.49. The third kappa shape index (κ3) is 4.76. The summed E-state index contributed by atoms with van der Waals surface area (Å²) in [5.74, 6) is -2.44. The zero-order valence-corrected chi connectivity index (χ0v) is 16.7. The first-order valence-corrected chi connectivity index (χ1v) is 9.62. The number of benzene rings is 1. The molecule has 1 amide bonds. The van der Waals surface area contributed by atoms with E-state index in [4.69, 9.17) is 0 Å². The number of aromatic nitrogens is 3. The molecule has 1 saturated heterocycles. The highest BCUT2D eigenvalue weighted by Crippen LogP contribution is 2.35. The van der Waals surface area contributed by atoms with E-state index in [-0.39, 0.29) is 48.9 Å². The molecule has 7 nitrogen and oxygen atoms in total. The maximum absolute atomic E-state index is 13.3. The van der Waals surface area contributed by atoms with E-state index in [9.17, 15) is 31.1 Å². The molecule has 4 rings (SSSR count). The van der Waals surface area contributed by atoms with Crippen LogP contribution in [0.2, 0.25) is 0 Å². The third-order valence-corrected chi connectivity index (χ3v) is 4.99.